The van der Waals surface area contributed by atoms with Crippen molar-refractivity contribution in [2.75, 3.05) is 5.32 Å². The second-order valence-electron chi connectivity index (χ2n) is 5.75. The van der Waals surface area contributed by atoms with Gasteiger partial charge in [-0.25, -0.2) is 9.97 Å². The van der Waals surface area contributed by atoms with E-state index in [0.29, 0.717) is 16.5 Å². The van der Waals surface area contributed by atoms with Gasteiger partial charge in [-0.1, -0.05) is 30.3 Å². The van der Waals surface area contributed by atoms with Gasteiger partial charge in [0.15, 0.2) is 4.96 Å². The van der Waals surface area contributed by atoms with Gasteiger partial charge >= 0.3 is 0 Å². The van der Waals surface area contributed by atoms with Crippen molar-refractivity contribution in [3.63, 3.8) is 0 Å². The molecule has 0 aliphatic heterocycles. The summed E-state index contributed by atoms with van der Waals surface area (Å²) in [7, 11) is 0. The molecule has 128 valence electrons. The number of pyridine rings is 1. The van der Waals surface area contributed by atoms with Crippen LogP contribution in [0.5, 0.6) is 0 Å². The summed E-state index contributed by atoms with van der Waals surface area (Å²) < 4.78 is 1.47. The summed E-state index contributed by atoms with van der Waals surface area (Å²) in [6.07, 6.45) is 2.92. The number of thiazole rings is 1. The number of hydrogen-bond acceptors (Lipinski definition) is 5. The predicted octanol–water partition coefficient (Wildman–Crippen LogP) is 3.38. The number of amides is 1. The molecule has 0 aliphatic carbocycles. The molecule has 3 aromatic heterocycles. The number of nitrogens with zero attached hydrogens (tertiary/aromatic N) is 3. The lowest BCUT2D eigenvalue weighted by molar-refractivity contribution is 0.102. The fourth-order valence-corrected chi connectivity index (χ4v) is 3.51. The molecule has 26 heavy (non-hydrogen) atoms. The van der Waals surface area contributed by atoms with E-state index >= 15 is 0 Å². The maximum absolute atomic E-state index is 12.9. The van der Waals surface area contributed by atoms with Gasteiger partial charge < -0.3 is 5.32 Å². The Bertz CT molecular complexity index is 1170. The van der Waals surface area contributed by atoms with Crippen molar-refractivity contribution < 1.29 is 4.79 Å². The van der Waals surface area contributed by atoms with Gasteiger partial charge in [-0.15, -0.1) is 11.3 Å². The Balaban J connectivity index is 1.78. The van der Waals surface area contributed by atoms with Crippen molar-refractivity contribution in [3.8, 4) is 11.3 Å². The lowest BCUT2D eigenvalue weighted by Crippen LogP contribution is -2.26. The standard InChI is InChI=1S/C19H14N4O2S/c1-12-7-8-20-16(9-12)22-17(24)14-10-21-19-23(18(14)25)15(11-26-19)13-5-3-2-4-6-13/h2-11H,1H3,(H,20,22,24). The average molecular weight is 362 g/mol. The van der Waals surface area contributed by atoms with E-state index in [9.17, 15) is 9.59 Å². The summed E-state index contributed by atoms with van der Waals surface area (Å²) in [6, 6.07) is 13.1. The Kier molecular flexibility index (Phi) is 4.06. The molecule has 0 atom stereocenters. The predicted molar refractivity (Wildman–Crippen MR) is 102 cm³/mol. The SMILES string of the molecule is Cc1ccnc(NC(=O)c2cnc3scc(-c4ccccc4)n3c2=O)c1. The number of aryl methyl sites for hydroxylation is 1. The number of aromatic nitrogens is 3. The van der Waals surface area contributed by atoms with E-state index in [1.807, 2.05) is 48.7 Å². The number of rotatable bonds is 3. The van der Waals surface area contributed by atoms with E-state index in [1.165, 1.54) is 21.9 Å². The minimum Gasteiger partial charge on any atom is -0.306 e. The Hall–Kier alpha value is -3.32. The zero-order chi connectivity index (χ0) is 18.1. The van der Waals surface area contributed by atoms with Crippen molar-refractivity contribution in [1.82, 2.24) is 14.4 Å². The van der Waals surface area contributed by atoms with Crippen molar-refractivity contribution in [2.24, 2.45) is 0 Å². The molecule has 4 rings (SSSR count). The van der Waals surface area contributed by atoms with Crippen LogP contribution in [0.1, 0.15) is 15.9 Å². The van der Waals surface area contributed by atoms with E-state index in [2.05, 4.69) is 15.3 Å². The molecule has 3 heterocycles. The van der Waals surface area contributed by atoms with Crippen LogP contribution in [-0.4, -0.2) is 20.3 Å². The van der Waals surface area contributed by atoms with Gasteiger partial charge in [-0.05, 0) is 30.2 Å². The number of anilines is 1. The second kappa shape index (κ2) is 6.53. The molecule has 0 saturated heterocycles. The molecule has 1 amide bonds. The Labute approximate surface area is 152 Å². The van der Waals surface area contributed by atoms with Gasteiger partial charge in [0.1, 0.15) is 11.4 Å². The van der Waals surface area contributed by atoms with Gasteiger partial charge in [0.2, 0.25) is 0 Å². The Morgan fingerprint density at radius 2 is 1.96 bits per heavy atom. The topological polar surface area (TPSA) is 76.4 Å². The van der Waals surface area contributed by atoms with Gasteiger partial charge in [-0.3, -0.25) is 14.0 Å². The van der Waals surface area contributed by atoms with Crippen LogP contribution in [0.25, 0.3) is 16.2 Å². The first-order valence-electron chi connectivity index (χ1n) is 7.92. The average Bonchev–Trinajstić information content (AvgIpc) is 3.08. The fraction of sp³-hybridized carbons (Fsp3) is 0.0526. The minimum atomic E-state index is -0.528. The molecule has 4 aromatic rings. The van der Waals surface area contributed by atoms with E-state index in [-0.39, 0.29) is 5.56 Å². The first-order valence-corrected chi connectivity index (χ1v) is 8.80. The molecule has 0 radical (unpaired) electrons. The van der Waals surface area contributed by atoms with Crippen molar-refractivity contribution >= 4 is 28.0 Å². The van der Waals surface area contributed by atoms with E-state index < -0.39 is 11.5 Å². The minimum absolute atomic E-state index is 0.0265. The van der Waals surface area contributed by atoms with Crippen LogP contribution in [0.2, 0.25) is 0 Å². The molecule has 0 spiro atoms. The molecule has 7 heteroatoms. The van der Waals surface area contributed by atoms with Gasteiger partial charge in [0, 0.05) is 17.8 Å². The third-order valence-corrected chi connectivity index (χ3v) is 4.76. The highest BCUT2D eigenvalue weighted by molar-refractivity contribution is 7.15. The Morgan fingerprint density at radius 1 is 1.15 bits per heavy atom. The number of hydrogen-bond donors (Lipinski definition) is 1. The lowest BCUT2D eigenvalue weighted by atomic mass is 10.2. The quantitative estimate of drug-likeness (QED) is 0.606. The monoisotopic (exact) mass is 362 g/mol. The van der Waals surface area contributed by atoms with Crippen molar-refractivity contribution in [3.05, 3.63) is 81.7 Å². The molecule has 0 fully saturated rings. The molecule has 0 aliphatic rings. The zero-order valence-corrected chi connectivity index (χ0v) is 14.7. The smallest absolute Gasteiger partial charge is 0.271 e. The highest BCUT2D eigenvalue weighted by Gasteiger charge is 2.17. The summed E-state index contributed by atoms with van der Waals surface area (Å²) in [5.74, 6) is -0.131. The molecule has 1 aromatic carbocycles. The molecular formula is C19H14N4O2S. The first-order chi connectivity index (χ1) is 12.6. The number of carbonyl (C=O) groups is 1. The van der Waals surface area contributed by atoms with Gasteiger partial charge in [0.05, 0.1) is 5.69 Å². The van der Waals surface area contributed by atoms with E-state index in [1.54, 1.807) is 12.3 Å². The van der Waals surface area contributed by atoms with Crippen LogP contribution >= 0.6 is 11.3 Å². The molecule has 6 nitrogen and oxygen atoms in total. The highest BCUT2D eigenvalue weighted by atomic mass is 32.1. The lowest BCUT2D eigenvalue weighted by Gasteiger charge is -2.06. The van der Waals surface area contributed by atoms with Crippen molar-refractivity contribution in [1.29, 1.82) is 0 Å². The molecular weight excluding hydrogens is 348 g/mol. The van der Waals surface area contributed by atoms with Crippen LogP contribution in [0.4, 0.5) is 5.82 Å². The normalized spacial score (nSPS) is 10.8. The maximum atomic E-state index is 12.9. The summed E-state index contributed by atoms with van der Waals surface area (Å²) in [5.41, 5.74) is 2.14. The fourth-order valence-electron chi connectivity index (χ4n) is 2.65. The van der Waals surface area contributed by atoms with Crippen LogP contribution < -0.4 is 10.9 Å². The van der Waals surface area contributed by atoms with Crippen LogP contribution in [-0.2, 0) is 0 Å². The summed E-state index contributed by atoms with van der Waals surface area (Å²) in [6.45, 7) is 1.90. The number of benzene rings is 1. The number of fused-ring (bicyclic) bond motifs is 1. The highest BCUT2D eigenvalue weighted by Crippen LogP contribution is 2.23. The Morgan fingerprint density at radius 3 is 2.73 bits per heavy atom. The molecule has 0 saturated carbocycles. The summed E-state index contributed by atoms with van der Waals surface area (Å²) >= 11 is 1.36. The van der Waals surface area contributed by atoms with Gasteiger partial charge in [-0.2, -0.15) is 0 Å². The van der Waals surface area contributed by atoms with E-state index in [0.717, 1.165) is 11.1 Å². The third kappa shape index (κ3) is 2.89. The third-order valence-electron chi connectivity index (χ3n) is 3.92. The second-order valence-corrected chi connectivity index (χ2v) is 6.59. The first kappa shape index (κ1) is 16.2. The number of nitrogens with one attached hydrogen (secondary N) is 1. The largest absolute Gasteiger partial charge is 0.306 e. The summed E-state index contributed by atoms with van der Waals surface area (Å²) in [4.78, 5) is 34.4. The maximum Gasteiger partial charge on any atom is 0.271 e. The van der Waals surface area contributed by atoms with Crippen LogP contribution in [0.3, 0.4) is 0 Å². The number of carbonyl (C=O) groups excluding carboxylic acids is 1. The molecule has 1 N–H and O–H groups in total. The molecule has 0 bridgehead atoms. The summed E-state index contributed by atoms with van der Waals surface area (Å²) in [5, 5.41) is 4.52. The van der Waals surface area contributed by atoms with Crippen molar-refractivity contribution in [2.45, 2.75) is 6.92 Å². The molecule has 0 unspecified atom stereocenters. The van der Waals surface area contributed by atoms with Crippen LogP contribution in [0.15, 0.2) is 65.0 Å². The van der Waals surface area contributed by atoms with Crippen LogP contribution in [0, 0.1) is 6.92 Å². The zero-order valence-electron chi connectivity index (χ0n) is 13.8. The van der Waals surface area contributed by atoms with Gasteiger partial charge in [0.25, 0.3) is 11.5 Å². The van der Waals surface area contributed by atoms with E-state index in [4.69, 9.17) is 0 Å².